The number of ether oxygens (including phenoxy) is 1. The fourth-order valence-electron chi connectivity index (χ4n) is 1.48. The van der Waals surface area contributed by atoms with Crippen molar-refractivity contribution >= 4 is 11.9 Å². The second-order valence-corrected chi connectivity index (χ2v) is 3.82. The molecule has 0 radical (unpaired) electrons. The van der Waals surface area contributed by atoms with Gasteiger partial charge in [0.15, 0.2) is 5.69 Å². The average Bonchev–Trinajstić information content (AvgIpc) is 2.79. The number of aromatic nitrogens is 3. The van der Waals surface area contributed by atoms with Crippen molar-refractivity contribution < 1.29 is 14.3 Å². The summed E-state index contributed by atoms with van der Waals surface area (Å²) in [5.74, 6) is -0.778. The van der Waals surface area contributed by atoms with Crippen LogP contribution in [0.2, 0.25) is 0 Å². The Morgan fingerprint density at radius 2 is 2.16 bits per heavy atom. The van der Waals surface area contributed by atoms with Crippen LogP contribution in [0.3, 0.4) is 0 Å². The van der Waals surface area contributed by atoms with Crippen molar-refractivity contribution in [2.45, 2.75) is 33.4 Å². The van der Waals surface area contributed by atoms with Crippen LogP contribution in [0.15, 0.2) is 0 Å². The second-order valence-electron chi connectivity index (χ2n) is 3.82. The highest BCUT2D eigenvalue weighted by Crippen LogP contribution is 2.06. The highest BCUT2D eigenvalue weighted by molar-refractivity contribution is 5.88. The van der Waals surface area contributed by atoms with E-state index in [0.717, 1.165) is 6.42 Å². The molecule has 0 fully saturated rings. The summed E-state index contributed by atoms with van der Waals surface area (Å²) in [6.07, 6.45) is 0.848. The number of carbonyl (C=O) groups is 2. The van der Waals surface area contributed by atoms with Crippen molar-refractivity contribution in [2.75, 3.05) is 13.2 Å². The minimum absolute atomic E-state index is 0.0149. The lowest BCUT2D eigenvalue weighted by molar-refractivity contribution is -0.121. The molecule has 1 rings (SSSR count). The third-order valence-corrected chi connectivity index (χ3v) is 2.37. The molecule has 1 heterocycles. The molecule has 8 heteroatoms. The summed E-state index contributed by atoms with van der Waals surface area (Å²) in [5.41, 5.74) is 6.02. The Hall–Kier alpha value is -1.96. The predicted molar refractivity (Wildman–Crippen MR) is 67.2 cm³/mol. The highest BCUT2D eigenvalue weighted by atomic mass is 16.5. The maximum Gasteiger partial charge on any atom is 0.360 e. The Kier molecular flexibility index (Phi) is 5.94. The Morgan fingerprint density at radius 3 is 2.74 bits per heavy atom. The molecule has 0 unspecified atom stereocenters. The highest BCUT2D eigenvalue weighted by Gasteiger charge is 2.20. The second kappa shape index (κ2) is 7.47. The molecule has 106 valence electrons. The lowest BCUT2D eigenvalue weighted by Crippen LogP contribution is -2.29. The molecule has 0 aliphatic heterocycles. The van der Waals surface area contributed by atoms with Crippen molar-refractivity contribution in [1.29, 1.82) is 0 Å². The summed E-state index contributed by atoms with van der Waals surface area (Å²) < 4.78 is 6.16. The van der Waals surface area contributed by atoms with E-state index < -0.39 is 5.97 Å². The van der Waals surface area contributed by atoms with E-state index in [-0.39, 0.29) is 31.3 Å². The molecule has 1 aromatic rings. The number of nitrogens with two attached hydrogens (primary N) is 1. The Morgan fingerprint density at radius 1 is 1.42 bits per heavy atom. The SMILES string of the molecule is CCCNC(=O)Cn1nnc(C(=O)OCC)c1CN. The molecule has 0 saturated heterocycles. The number of hydrogen-bond acceptors (Lipinski definition) is 6. The van der Waals surface area contributed by atoms with Crippen LogP contribution in [-0.2, 0) is 22.6 Å². The molecule has 19 heavy (non-hydrogen) atoms. The van der Waals surface area contributed by atoms with Crippen molar-refractivity contribution in [3.8, 4) is 0 Å². The molecule has 0 aliphatic carbocycles. The molecular weight excluding hydrogens is 250 g/mol. The number of carbonyl (C=O) groups excluding carboxylic acids is 2. The number of nitrogens with one attached hydrogen (secondary N) is 1. The van der Waals surface area contributed by atoms with Gasteiger partial charge in [0.2, 0.25) is 5.91 Å². The summed E-state index contributed by atoms with van der Waals surface area (Å²) in [4.78, 5) is 23.2. The van der Waals surface area contributed by atoms with Gasteiger partial charge in [-0.05, 0) is 13.3 Å². The Balaban J connectivity index is 2.79. The number of esters is 1. The van der Waals surface area contributed by atoms with Crippen LogP contribution in [0, 0.1) is 0 Å². The van der Waals surface area contributed by atoms with Crippen LogP contribution in [0.1, 0.15) is 36.5 Å². The van der Waals surface area contributed by atoms with Gasteiger partial charge >= 0.3 is 5.97 Å². The summed E-state index contributed by atoms with van der Waals surface area (Å²) >= 11 is 0. The van der Waals surface area contributed by atoms with E-state index in [1.807, 2.05) is 6.92 Å². The topological polar surface area (TPSA) is 112 Å². The zero-order chi connectivity index (χ0) is 14.3. The van der Waals surface area contributed by atoms with Gasteiger partial charge in [0.05, 0.1) is 12.3 Å². The monoisotopic (exact) mass is 269 g/mol. The third-order valence-electron chi connectivity index (χ3n) is 2.37. The van der Waals surface area contributed by atoms with Gasteiger partial charge in [-0.1, -0.05) is 12.1 Å². The van der Waals surface area contributed by atoms with Crippen LogP contribution < -0.4 is 11.1 Å². The fraction of sp³-hybridized carbons (Fsp3) is 0.636. The number of hydrogen-bond donors (Lipinski definition) is 2. The van der Waals surface area contributed by atoms with Gasteiger partial charge in [0.1, 0.15) is 6.54 Å². The molecule has 3 N–H and O–H groups in total. The first kappa shape index (κ1) is 15.1. The van der Waals surface area contributed by atoms with Crippen LogP contribution in [0.4, 0.5) is 0 Å². The van der Waals surface area contributed by atoms with E-state index in [1.54, 1.807) is 6.92 Å². The van der Waals surface area contributed by atoms with E-state index in [4.69, 9.17) is 10.5 Å². The first-order chi connectivity index (χ1) is 9.13. The summed E-state index contributed by atoms with van der Waals surface area (Å²) in [6.45, 7) is 4.53. The number of nitrogens with zero attached hydrogens (tertiary/aromatic N) is 3. The lowest BCUT2D eigenvalue weighted by atomic mass is 10.3. The number of amides is 1. The van der Waals surface area contributed by atoms with Crippen molar-refractivity contribution in [1.82, 2.24) is 20.3 Å². The van der Waals surface area contributed by atoms with Crippen molar-refractivity contribution in [3.63, 3.8) is 0 Å². The maximum absolute atomic E-state index is 11.6. The van der Waals surface area contributed by atoms with Crippen LogP contribution in [0.5, 0.6) is 0 Å². The molecule has 1 amide bonds. The molecule has 0 saturated carbocycles. The average molecular weight is 269 g/mol. The van der Waals surface area contributed by atoms with E-state index in [1.165, 1.54) is 4.68 Å². The van der Waals surface area contributed by atoms with Gasteiger partial charge in [-0.15, -0.1) is 5.10 Å². The minimum Gasteiger partial charge on any atom is -0.461 e. The zero-order valence-electron chi connectivity index (χ0n) is 11.2. The van der Waals surface area contributed by atoms with Gasteiger partial charge in [0, 0.05) is 13.1 Å². The van der Waals surface area contributed by atoms with E-state index in [0.29, 0.717) is 12.2 Å². The lowest BCUT2D eigenvalue weighted by Gasteiger charge is -2.06. The van der Waals surface area contributed by atoms with Crippen molar-refractivity contribution in [2.24, 2.45) is 5.73 Å². The predicted octanol–water partition coefficient (Wildman–Crippen LogP) is -0.560. The van der Waals surface area contributed by atoms with Gasteiger partial charge in [-0.2, -0.15) is 0 Å². The minimum atomic E-state index is -0.580. The van der Waals surface area contributed by atoms with Crippen molar-refractivity contribution in [3.05, 3.63) is 11.4 Å². The summed E-state index contributed by atoms with van der Waals surface area (Å²) in [6, 6.07) is 0. The van der Waals surface area contributed by atoms with Crippen LogP contribution >= 0.6 is 0 Å². The molecule has 0 aliphatic rings. The van der Waals surface area contributed by atoms with Gasteiger partial charge in [-0.3, -0.25) is 4.79 Å². The summed E-state index contributed by atoms with van der Waals surface area (Å²) in [5, 5.41) is 10.2. The first-order valence-electron chi connectivity index (χ1n) is 6.20. The largest absolute Gasteiger partial charge is 0.461 e. The summed E-state index contributed by atoms with van der Waals surface area (Å²) in [7, 11) is 0. The zero-order valence-corrected chi connectivity index (χ0v) is 11.2. The van der Waals surface area contributed by atoms with Crippen LogP contribution in [0.25, 0.3) is 0 Å². The van der Waals surface area contributed by atoms with E-state index in [9.17, 15) is 9.59 Å². The van der Waals surface area contributed by atoms with Gasteiger partial charge in [0.25, 0.3) is 0 Å². The Bertz CT molecular complexity index is 444. The normalized spacial score (nSPS) is 10.3. The fourth-order valence-corrected chi connectivity index (χ4v) is 1.48. The van der Waals surface area contributed by atoms with Crippen LogP contribution in [-0.4, -0.2) is 40.0 Å². The first-order valence-corrected chi connectivity index (χ1v) is 6.20. The molecule has 0 atom stereocenters. The molecular formula is C11H19N5O3. The van der Waals surface area contributed by atoms with E-state index in [2.05, 4.69) is 15.6 Å². The van der Waals surface area contributed by atoms with Gasteiger partial charge in [-0.25, -0.2) is 9.48 Å². The molecule has 0 bridgehead atoms. The Labute approximate surface area is 111 Å². The number of rotatable bonds is 7. The van der Waals surface area contributed by atoms with Gasteiger partial charge < -0.3 is 15.8 Å². The third kappa shape index (κ3) is 4.02. The molecule has 0 aromatic carbocycles. The standard InChI is InChI=1S/C11H19N5O3/c1-3-5-13-9(17)7-16-8(6-12)10(14-15-16)11(18)19-4-2/h3-7,12H2,1-2H3,(H,13,17). The maximum atomic E-state index is 11.6. The smallest absolute Gasteiger partial charge is 0.360 e. The molecule has 1 aromatic heterocycles. The molecule has 8 nitrogen and oxygen atoms in total. The quantitative estimate of drug-likeness (QED) is 0.642. The van der Waals surface area contributed by atoms with E-state index >= 15 is 0 Å². The molecule has 0 spiro atoms.